The Labute approximate surface area is 189 Å². The molecule has 2 heterocycles. The minimum Gasteiger partial charge on any atom is -0.359 e. The normalized spacial score (nSPS) is 11.5. The lowest BCUT2D eigenvalue weighted by Crippen LogP contribution is -2.03. The maximum absolute atomic E-state index is 4.57. The third kappa shape index (κ3) is 5.30. The molecule has 0 unspecified atom stereocenters. The summed E-state index contributed by atoms with van der Waals surface area (Å²) in [6.45, 7) is 4.38. The van der Waals surface area contributed by atoms with E-state index in [9.17, 15) is 0 Å². The fourth-order valence-corrected chi connectivity index (χ4v) is 3.78. The van der Waals surface area contributed by atoms with Crippen molar-refractivity contribution in [2.75, 3.05) is 5.32 Å². The number of hydrogen-bond donors (Lipinski definition) is 2. The Morgan fingerprint density at radius 1 is 0.875 bits per heavy atom. The molecule has 0 saturated carbocycles. The Kier molecular flexibility index (Phi) is 7.08. The van der Waals surface area contributed by atoms with Gasteiger partial charge in [-0.25, -0.2) is 0 Å². The summed E-state index contributed by atoms with van der Waals surface area (Å²) in [6, 6.07) is 17.3. The topological polar surface area (TPSA) is 66.5 Å². The molecule has 2 N–H and O–H groups in total. The number of H-pyrrole nitrogens is 1. The summed E-state index contributed by atoms with van der Waals surface area (Å²) < 4.78 is 0. The van der Waals surface area contributed by atoms with Gasteiger partial charge in [-0.2, -0.15) is 5.10 Å². The van der Waals surface area contributed by atoms with Crippen LogP contribution in [0.5, 0.6) is 0 Å². The van der Waals surface area contributed by atoms with Gasteiger partial charge in [0.1, 0.15) is 0 Å². The second-order valence-corrected chi connectivity index (χ2v) is 7.82. The van der Waals surface area contributed by atoms with Gasteiger partial charge in [-0.3, -0.25) is 15.1 Å². The first-order valence-corrected chi connectivity index (χ1v) is 11.2. The van der Waals surface area contributed by atoms with Gasteiger partial charge in [0.25, 0.3) is 0 Å². The molecular weight excluding hydrogens is 394 g/mol. The second-order valence-electron chi connectivity index (χ2n) is 7.82. The van der Waals surface area contributed by atoms with E-state index in [1.165, 1.54) is 23.2 Å². The maximum Gasteiger partial charge on any atom is 0.0996 e. The van der Waals surface area contributed by atoms with Gasteiger partial charge in [0, 0.05) is 47.5 Å². The molecule has 0 atom stereocenters. The predicted octanol–water partition coefficient (Wildman–Crippen LogP) is 6.43. The third-order valence-electron chi connectivity index (χ3n) is 5.34. The molecule has 5 heteroatoms. The zero-order valence-corrected chi connectivity index (χ0v) is 18.7. The number of aromatic amines is 1. The van der Waals surface area contributed by atoms with Crippen LogP contribution in [0.2, 0.25) is 0 Å². The van der Waals surface area contributed by atoms with Gasteiger partial charge in [0.2, 0.25) is 0 Å². The van der Waals surface area contributed by atoms with Gasteiger partial charge in [0.05, 0.1) is 17.6 Å². The minimum absolute atomic E-state index is 0.819. The van der Waals surface area contributed by atoms with Crippen molar-refractivity contribution in [2.24, 2.45) is 0 Å². The van der Waals surface area contributed by atoms with E-state index in [2.05, 4.69) is 93.9 Å². The van der Waals surface area contributed by atoms with Crippen molar-refractivity contribution in [1.29, 1.82) is 0 Å². The molecule has 2 aromatic heterocycles. The number of hydrogen-bond acceptors (Lipinski definition) is 4. The Bertz CT molecular complexity index is 1140. The quantitative estimate of drug-likeness (QED) is 0.325. The first-order chi connectivity index (χ1) is 15.8. The van der Waals surface area contributed by atoms with Crippen molar-refractivity contribution >= 4 is 5.69 Å². The van der Waals surface area contributed by atoms with Crippen LogP contribution in [0.15, 0.2) is 85.1 Å². The fourth-order valence-electron chi connectivity index (χ4n) is 3.78. The number of benzene rings is 2. The van der Waals surface area contributed by atoms with Crippen LogP contribution in [0.1, 0.15) is 37.8 Å². The lowest BCUT2D eigenvalue weighted by Gasteiger charge is -2.13. The molecule has 0 aliphatic carbocycles. The van der Waals surface area contributed by atoms with E-state index in [-0.39, 0.29) is 0 Å². The van der Waals surface area contributed by atoms with Crippen LogP contribution < -0.4 is 5.32 Å². The molecule has 0 aliphatic heterocycles. The molecule has 0 amide bonds. The summed E-state index contributed by atoms with van der Waals surface area (Å²) in [7, 11) is 0. The highest BCUT2D eigenvalue weighted by Gasteiger charge is 2.11. The molecule has 4 rings (SSSR count). The SMILES string of the molecule is CC/C=C(/Cc1ccc(CCC)cc1)Nc1ccc(-c2nccnc2-c2cn[nH]c2)cc1. The van der Waals surface area contributed by atoms with Gasteiger partial charge in [0.15, 0.2) is 0 Å². The molecule has 2 aromatic carbocycles. The zero-order chi connectivity index (χ0) is 22.2. The summed E-state index contributed by atoms with van der Waals surface area (Å²) in [6.07, 6.45) is 13.5. The Hall–Kier alpha value is -3.73. The van der Waals surface area contributed by atoms with Crippen molar-refractivity contribution in [3.63, 3.8) is 0 Å². The zero-order valence-electron chi connectivity index (χ0n) is 18.7. The first kappa shape index (κ1) is 21.5. The van der Waals surface area contributed by atoms with Gasteiger partial charge >= 0.3 is 0 Å². The van der Waals surface area contributed by atoms with E-state index in [0.29, 0.717) is 0 Å². The average molecular weight is 424 g/mol. The molecule has 0 spiro atoms. The number of anilines is 1. The maximum atomic E-state index is 4.57. The van der Waals surface area contributed by atoms with E-state index in [1.54, 1.807) is 18.6 Å². The highest BCUT2D eigenvalue weighted by atomic mass is 15.1. The van der Waals surface area contributed by atoms with Crippen molar-refractivity contribution in [3.05, 3.63) is 96.2 Å². The van der Waals surface area contributed by atoms with E-state index in [1.807, 2.05) is 6.20 Å². The van der Waals surface area contributed by atoms with Gasteiger partial charge in [-0.05, 0) is 36.1 Å². The molecule has 0 fully saturated rings. The van der Waals surface area contributed by atoms with Crippen molar-refractivity contribution in [2.45, 2.75) is 39.5 Å². The van der Waals surface area contributed by atoms with Gasteiger partial charge in [-0.15, -0.1) is 0 Å². The Morgan fingerprint density at radius 2 is 1.56 bits per heavy atom. The number of nitrogens with one attached hydrogen (secondary N) is 2. The molecule has 0 bridgehead atoms. The summed E-state index contributed by atoms with van der Waals surface area (Å²) in [4.78, 5) is 9.08. The van der Waals surface area contributed by atoms with Crippen LogP contribution in [0.3, 0.4) is 0 Å². The highest BCUT2D eigenvalue weighted by Crippen LogP contribution is 2.28. The molecule has 0 radical (unpaired) electrons. The van der Waals surface area contributed by atoms with Crippen LogP contribution in [0.4, 0.5) is 5.69 Å². The van der Waals surface area contributed by atoms with Crippen molar-refractivity contribution in [3.8, 4) is 22.5 Å². The first-order valence-electron chi connectivity index (χ1n) is 11.2. The summed E-state index contributed by atoms with van der Waals surface area (Å²) in [5, 5.41) is 10.5. The third-order valence-corrected chi connectivity index (χ3v) is 5.34. The average Bonchev–Trinajstić information content (AvgIpc) is 3.36. The Balaban J connectivity index is 1.49. The van der Waals surface area contributed by atoms with Crippen LogP contribution in [-0.4, -0.2) is 20.2 Å². The van der Waals surface area contributed by atoms with E-state index in [0.717, 1.165) is 47.5 Å². The summed E-state index contributed by atoms with van der Waals surface area (Å²) >= 11 is 0. The molecule has 32 heavy (non-hydrogen) atoms. The largest absolute Gasteiger partial charge is 0.359 e. The second kappa shape index (κ2) is 10.5. The van der Waals surface area contributed by atoms with E-state index < -0.39 is 0 Å². The lowest BCUT2D eigenvalue weighted by atomic mass is 10.0. The van der Waals surface area contributed by atoms with Crippen LogP contribution >= 0.6 is 0 Å². The summed E-state index contributed by atoms with van der Waals surface area (Å²) in [5.41, 5.74) is 8.60. The Morgan fingerprint density at radius 3 is 2.19 bits per heavy atom. The van der Waals surface area contributed by atoms with E-state index >= 15 is 0 Å². The number of allylic oxidation sites excluding steroid dienone is 2. The number of rotatable bonds is 9. The van der Waals surface area contributed by atoms with Crippen LogP contribution in [-0.2, 0) is 12.8 Å². The van der Waals surface area contributed by atoms with Gasteiger partial charge < -0.3 is 5.32 Å². The molecule has 162 valence electrons. The van der Waals surface area contributed by atoms with Crippen LogP contribution in [0.25, 0.3) is 22.5 Å². The van der Waals surface area contributed by atoms with Gasteiger partial charge in [-0.1, -0.05) is 62.7 Å². The molecular formula is C27H29N5. The number of aryl methyl sites for hydroxylation is 1. The van der Waals surface area contributed by atoms with Crippen LogP contribution in [0, 0.1) is 0 Å². The monoisotopic (exact) mass is 423 g/mol. The van der Waals surface area contributed by atoms with Crippen molar-refractivity contribution < 1.29 is 0 Å². The molecule has 4 aromatic rings. The fraction of sp³-hybridized carbons (Fsp3) is 0.222. The lowest BCUT2D eigenvalue weighted by molar-refractivity contribution is 0.920. The number of aromatic nitrogens is 4. The molecule has 0 saturated heterocycles. The highest BCUT2D eigenvalue weighted by molar-refractivity contribution is 5.77. The standard InChI is InChI=1S/C27H29N5/c1-3-5-20-7-9-21(10-8-20)17-25(6-4-2)32-24-13-11-22(12-14-24)26-27(29-16-15-28-26)23-18-30-31-19-23/h6-16,18-19,32H,3-5,17H2,1-2H3,(H,30,31)/b25-6-. The molecule has 5 nitrogen and oxygen atoms in total. The number of nitrogens with zero attached hydrogens (tertiary/aromatic N) is 3. The minimum atomic E-state index is 0.819. The smallest absolute Gasteiger partial charge is 0.0996 e. The van der Waals surface area contributed by atoms with Crippen molar-refractivity contribution in [1.82, 2.24) is 20.2 Å². The molecule has 0 aliphatic rings. The summed E-state index contributed by atoms with van der Waals surface area (Å²) in [5.74, 6) is 0. The van der Waals surface area contributed by atoms with E-state index in [4.69, 9.17) is 0 Å². The predicted molar refractivity (Wildman–Crippen MR) is 131 cm³/mol.